The molecule has 8 heteroatoms. The van der Waals surface area contributed by atoms with E-state index < -0.39 is 0 Å². The molecule has 2 aromatic carbocycles. The molecular formula is C24H28ClN5O2. The van der Waals surface area contributed by atoms with Gasteiger partial charge in [-0.25, -0.2) is 0 Å². The normalized spacial score (nSPS) is 16.1. The first-order valence-electron chi connectivity index (χ1n) is 10.8. The molecule has 1 aromatic heterocycles. The molecule has 7 nitrogen and oxygen atoms in total. The van der Waals surface area contributed by atoms with Crippen molar-refractivity contribution in [2.75, 3.05) is 31.5 Å². The molecule has 1 saturated heterocycles. The molecule has 32 heavy (non-hydrogen) atoms. The second-order valence-corrected chi connectivity index (χ2v) is 8.75. The molecular weight excluding hydrogens is 426 g/mol. The minimum absolute atomic E-state index is 0.0246. The van der Waals surface area contributed by atoms with Crippen molar-refractivity contribution in [1.82, 2.24) is 19.9 Å². The van der Waals surface area contributed by atoms with E-state index in [1.165, 1.54) is 5.56 Å². The van der Waals surface area contributed by atoms with Gasteiger partial charge in [0.05, 0.1) is 12.6 Å². The van der Waals surface area contributed by atoms with Crippen LogP contribution in [0.5, 0.6) is 0 Å². The second-order valence-electron chi connectivity index (χ2n) is 8.31. The van der Waals surface area contributed by atoms with E-state index in [-0.39, 0.29) is 11.9 Å². The lowest BCUT2D eigenvalue weighted by molar-refractivity contribution is -0.121. The lowest BCUT2D eigenvalue weighted by Crippen LogP contribution is -2.52. The Morgan fingerprint density at radius 3 is 2.56 bits per heavy atom. The molecule has 2 heterocycles. The van der Waals surface area contributed by atoms with Gasteiger partial charge in [-0.1, -0.05) is 52.7 Å². The summed E-state index contributed by atoms with van der Waals surface area (Å²) in [5, 5.41) is 7.73. The fourth-order valence-corrected chi connectivity index (χ4v) is 3.94. The average Bonchev–Trinajstić information content (AvgIpc) is 3.25. The van der Waals surface area contributed by atoms with Crippen LogP contribution in [0.4, 0.5) is 5.69 Å². The van der Waals surface area contributed by atoms with Crippen LogP contribution >= 0.6 is 11.6 Å². The molecule has 3 aromatic rings. The third-order valence-electron chi connectivity index (χ3n) is 5.93. The van der Waals surface area contributed by atoms with E-state index in [0.717, 1.165) is 43.0 Å². The fraction of sp³-hybridized carbons (Fsp3) is 0.375. The van der Waals surface area contributed by atoms with Gasteiger partial charge in [-0.15, -0.1) is 0 Å². The molecule has 1 atom stereocenters. The zero-order valence-electron chi connectivity index (χ0n) is 18.6. The topological polar surface area (TPSA) is 74.5 Å². The molecule has 0 saturated carbocycles. The molecule has 1 N–H and O–H groups in total. The number of aryl methyl sites for hydroxylation is 2. The van der Waals surface area contributed by atoms with Gasteiger partial charge in [-0.3, -0.25) is 14.6 Å². The number of nitrogens with zero attached hydrogens (tertiary/aromatic N) is 4. The fourth-order valence-electron chi connectivity index (χ4n) is 3.77. The SMILES string of the molecule is Cc1ccc(-c2noc(CN3CCN(C(C)C(=O)Nc4cc(Cl)ccc4C)CC3)n2)cc1. The minimum Gasteiger partial charge on any atom is -0.338 e. The van der Waals surface area contributed by atoms with E-state index in [4.69, 9.17) is 16.1 Å². The third-order valence-corrected chi connectivity index (χ3v) is 6.16. The standard InChI is InChI=1S/C24H28ClN5O2/c1-16-4-7-19(8-5-16)23-27-22(32-28-23)15-29-10-12-30(13-11-29)18(3)24(31)26-21-14-20(25)9-6-17(21)2/h4-9,14,18H,10-13,15H2,1-3H3,(H,26,31). The number of carbonyl (C=O) groups excluding carboxylic acids is 1. The van der Waals surface area contributed by atoms with E-state index in [1.54, 1.807) is 6.07 Å². The van der Waals surface area contributed by atoms with Crippen molar-refractivity contribution in [2.45, 2.75) is 33.4 Å². The molecule has 0 spiro atoms. The Morgan fingerprint density at radius 1 is 1.12 bits per heavy atom. The molecule has 1 unspecified atom stereocenters. The Labute approximate surface area is 193 Å². The number of nitrogens with one attached hydrogen (secondary N) is 1. The van der Waals surface area contributed by atoms with Crippen molar-refractivity contribution < 1.29 is 9.32 Å². The van der Waals surface area contributed by atoms with Gasteiger partial charge in [0.25, 0.3) is 0 Å². The van der Waals surface area contributed by atoms with E-state index in [0.29, 0.717) is 23.3 Å². The van der Waals surface area contributed by atoms with Crippen LogP contribution in [0.2, 0.25) is 5.02 Å². The Hall–Kier alpha value is -2.74. The second kappa shape index (κ2) is 9.81. The van der Waals surface area contributed by atoms with Gasteiger partial charge >= 0.3 is 0 Å². The number of rotatable bonds is 6. The maximum absolute atomic E-state index is 12.8. The lowest BCUT2D eigenvalue weighted by Gasteiger charge is -2.36. The highest BCUT2D eigenvalue weighted by Gasteiger charge is 2.26. The molecule has 168 valence electrons. The van der Waals surface area contributed by atoms with E-state index in [2.05, 4.69) is 25.3 Å². The quantitative estimate of drug-likeness (QED) is 0.604. The summed E-state index contributed by atoms with van der Waals surface area (Å²) < 4.78 is 5.46. The smallest absolute Gasteiger partial charge is 0.241 e. The highest BCUT2D eigenvalue weighted by Crippen LogP contribution is 2.21. The summed E-state index contributed by atoms with van der Waals surface area (Å²) in [7, 11) is 0. The van der Waals surface area contributed by atoms with E-state index in [9.17, 15) is 4.79 Å². The monoisotopic (exact) mass is 453 g/mol. The maximum Gasteiger partial charge on any atom is 0.241 e. The first-order chi connectivity index (χ1) is 15.4. The zero-order chi connectivity index (χ0) is 22.7. The predicted octanol–water partition coefficient (Wildman–Crippen LogP) is 4.15. The summed E-state index contributed by atoms with van der Waals surface area (Å²) >= 11 is 6.07. The van der Waals surface area contributed by atoms with E-state index >= 15 is 0 Å². The zero-order valence-corrected chi connectivity index (χ0v) is 19.4. The highest BCUT2D eigenvalue weighted by molar-refractivity contribution is 6.31. The van der Waals surface area contributed by atoms with Gasteiger partial charge in [-0.05, 0) is 38.5 Å². The van der Waals surface area contributed by atoms with Crippen LogP contribution in [0, 0.1) is 13.8 Å². The Bertz CT molecular complexity index is 1070. The Morgan fingerprint density at radius 2 is 1.84 bits per heavy atom. The number of hydrogen-bond acceptors (Lipinski definition) is 6. The van der Waals surface area contributed by atoms with Crippen LogP contribution < -0.4 is 5.32 Å². The predicted molar refractivity (Wildman–Crippen MR) is 126 cm³/mol. The number of halogens is 1. The minimum atomic E-state index is -0.230. The molecule has 0 aliphatic carbocycles. The highest BCUT2D eigenvalue weighted by atomic mass is 35.5. The molecule has 1 aliphatic heterocycles. The summed E-state index contributed by atoms with van der Waals surface area (Å²) in [6.07, 6.45) is 0. The number of benzene rings is 2. The van der Waals surface area contributed by atoms with Gasteiger partial charge < -0.3 is 9.84 Å². The number of carbonyl (C=O) groups is 1. The molecule has 0 bridgehead atoms. The van der Waals surface area contributed by atoms with Crippen molar-refractivity contribution >= 4 is 23.2 Å². The Kier molecular flexibility index (Phi) is 6.89. The number of anilines is 1. The largest absolute Gasteiger partial charge is 0.338 e. The summed E-state index contributed by atoms with van der Waals surface area (Å²) in [5.41, 5.74) is 3.89. The molecule has 4 rings (SSSR count). The van der Waals surface area contributed by atoms with Crippen molar-refractivity contribution in [3.63, 3.8) is 0 Å². The summed E-state index contributed by atoms with van der Waals surface area (Å²) in [5.74, 6) is 1.19. The summed E-state index contributed by atoms with van der Waals surface area (Å²) in [6.45, 7) is 9.80. The van der Waals surface area contributed by atoms with Crippen molar-refractivity contribution in [3.8, 4) is 11.4 Å². The number of amides is 1. The van der Waals surface area contributed by atoms with Crippen LogP contribution in [0.3, 0.4) is 0 Å². The van der Waals surface area contributed by atoms with Gasteiger partial charge in [0, 0.05) is 42.5 Å². The van der Waals surface area contributed by atoms with Gasteiger partial charge in [0.15, 0.2) is 0 Å². The average molecular weight is 454 g/mol. The lowest BCUT2D eigenvalue weighted by atomic mass is 10.1. The van der Waals surface area contributed by atoms with Crippen LogP contribution in [0.25, 0.3) is 11.4 Å². The molecule has 1 aliphatic rings. The van der Waals surface area contributed by atoms with E-state index in [1.807, 2.05) is 57.2 Å². The summed E-state index contributed by atoms with van der Waals surface area (Å²) in [4.78, 5) is 21.8. The first kappa shape index (κ1) is 22.5. The van der Waals surface area contributed by atoms with Gasteiger partial charge in [0.2, 0.25) is 17.6 Å². The van der Waals surface area contributed by atoms with Gasteiger partial charge in [0.1, 0.15) is 0 Å². The third kappa shape index (κ3) is 5.35. The van der Waals surface area contributed by atoms with Crippen LogP contribution in [0.1, 0.15) is 23.9 Å². The number of aromatic nitrogens is 2. The molecule has 1 amide bonds. The molecule has 1 fully saturated rings. The van der Waals surface area contributed by atoms with Crippen LogP contribution in [-0.2, 0) is 11.3 Å². The van der Waals surface area contributed by atoms with Gasteiger partial charge in [-0.2, -0.15) is 4.98 Å². The summed E-state index contributed by atoms with van der Waals surface area (Å²) in [6, 6.07) is 13.4. The van der Waals surface area contributed by atoms with Crippen molar-refractivity contribution in [1.29, 1.82) is 0 Å². The first-order valence-corrected chi connectivity index (χ1v) is 11.2. The maximum atomic E-state index is 12.8. The van der Waals surface area contributed by atoms with Crippen molar-refractivity contribution in [3.05, 3.63) is 64.5 Å². The Balaban J connectivity index is 1.29. The van der Waals surface area contributed by atoms with Crippen molar-refractivity contribution in [2.24, 2.45) is 0 Å². The number of hydrogen-bond donors (Lipinski definition) is 1. The molecule has 0 radical (unpaired) electrons. The van der Waals surface area contributed by atoms with Crippen LogP contribution in [-0.4, -0.2) is 58.1 Å². The van der Waals surface area contributed by atoms with Crippen LogP contribution in [0.15, 0.2) is 47.0 Å². The number of piperazine rings is 1.